The molecule has 1 fully saturated rings. The van der Waals surface area contributed by atoms with Gasteiger partial charge in [0.1, 0.15) is 5.69 Å². The van der Waals surface area contributed by atoms with Gasteiger partial charge in [0.15, 0.2) is 5.17 Å². The summed E-state index contributed by atoms with van der Waals surface area (Å²) in [5.41, 5.74) is 8.40. The molecule has 2 aliphatic rings. The minimum atomic E-state index is -3.58. The molecular weight excluding hydrogens is 458 g/mol. The zero-order valence-corrected chi connectivity index (χ0v) is 19.2. The number of sulfonamides is 1. The Morgan fingerprint density at radius 2 is 1.79 bits per heavy atom. The van der Waals surface area contributed by atoms with Crippen LogP contribution in [0.3, 0.4) is 0 Å². The van der Waals surface area contributed by atoms with Crippen LogP contribution in [0.4, 0.5) is 0 Å². The number of carbonyl (C=O) groups excluding carboxylic acids is 1. The minimum Gasteiger partial charge on any atom is -0.378 e. The van der Waals surface area contributed by atoms with Crippen molar-refractivity contribution in [3.63, 3.8) is 0 Å². The first kappa shape index (κ1) is 21.6. The number of carbonyl (C=O) groups is 1. The Morgan fingerprint density at radius 3 is 2.48 bits per heavy atom. The largest absolute Gasteiger partial charge is 0.378 e. The molecule has 0 aliphatic carbocycles. The lowest BCUT2D eigenvalue weighted by Crippen LogP contribution is -2.27. The fourth-order valence-electron chi connectivity index (χ4n) is 3.88. The molecular formula is C23H21N5O3S2. The smallest absolute Gasteiger partial charge is 0.286 e. The lowest BCUT2D eigenvalue weighted by Gasteiger charge is -2.16. The van der Waals surface area contributed by atoms with Crippen LogP contribution in [0.1, 0.15) is 18.4 Å². The number of nitrogens with zero attached hydrogens (tertiary/aromatic N) is 4. The Hall–Kier alpha value is -3.21. The predicted molar refractivity (Wildman–Crippen MR) is 129 cm³/mol. The summed E-state index contributed by atoms with van der Waals surface area (Å²) in [6, 6.07) is 16.3. The lowest BCUT2D eigenvalue weighted by atomic mass is 10.1. The van der Waals surface area contributed by atoms with Gasteiger partial charge in [-0.3, -0.25) is 4.79 Å². The van der Waals surface area contributed by atoms with Crippen LogP contribution in [-0.2, 0) is 14.8 Å². The van der Waals surface area contributed by atoms with Crippen molar-refractivity contribution in [1.82, 2.24) is 14.1 Å². The molecule has 2 N–H and O–H groups in total. The number of hydrogen-bond donors (Lipinski definition) is 1. The zero-order valence-electron chi connectivity index (χ0n) is 17.6. The van der Waals surface area contributed by atoms with E-state index < -0.39 is 15.9 Å². The van der Waals surface area contributed by atoms with Gasteiger partial charge in [0.05, 0.1) is 15.5 Å². The maximum Gasteiger partial charge on any atom is 0.286 e. The van der Waals surface area contributed by atoms with Crippen molar-refractivity contribution in [2.45, 2.75) is 17.7 Å². The number of thioether (sulfide) groups is 1. The molecule has 8 nitrogen and oxygen atoms in total. The Balaban J connectivity index is 1.61. The van der Waals surface area contributed by atoms with E-state index in [9.17, 15) is 13.2 Å². The summed E-state index contributed by atoms with van der Waals surface area (Å²) in [6.07, 6.45) is 5.24. The van der Waals surface area contributed by atoms with Crippen molar-refractivity contribution in [3.8, 4) is 16.9 Å². The van der Waals surface area contributed by atoms with Crippen LogP contribution >= 0.6 is 11.8 Å². The van der Waals surface area contributed by atoms with E-state index in [0.29, 0.717) is 34.8 Å². The number of aliphatic imine (C=N–C) groups is 1. The second kappa shape index (κ2) is 8.62. The van der Waals surface area contributed by atoms with Crippen LogP contribution in [0.2, 0.25) is 0 Å². The van der Waals surface area contributed by atoms with E-state index in [0.717, 1.165) is 30.3 Å². The average molecular weight is 480 g/mol. The fourth-order valence-corrected chi connectivity index (χ4v) is 6.11. The summed E-state index contributed by atoms with van der Waals surface area (Å²) in [5, 5.41) is 4.93. The van der Waals surface area contributed by atoms with Crippen LogP contribution in [0.5, 0.6) is 0 Å². The summed E-state index contributed by atoms with van der Waals surface area (Å²) in [4.78, 5) is 16.6. The second-order valence-corrected chi connectivity index (χ2v) is 10.7. The third-order valence-electron chi connectivity index (χ3n) is 5.50. The van der Waals surface area contributed by atoms with Crippen LogP contribution in [0, 0.1) is 0 Å². The standard InChI is InChI=1S/C23H21N5O3S2/c24-23-25-22(29)20(32-23)14-17-15-28(18-8-2-1-3-9-18)26-21(17)16-7-6-10-19(13-16)33(30,31)27-11-4-5-12-27/h1-3,6-10,13-15H,4-5,11-12H2,(H2,24,25,29)/b20-14+. The number of nitrogens with two attached hydrogens (primary N) is 1. The van der Waals surface area contributed by atoms with Gasteiger partial charge in [0.25, 0.3) is 5.91 Å². The minimum absolute atomic E-state index is 0.196. The fraction of sp³-hybridized carbons (Fsp3) is 0.174. The van der Waals surface area contributed by atoms with E-state index in [4.69, 9.17) is 10.8 Å². The van der Waals surface area contributed by atoms with Gasteiger partial charge >= 0.3 is 0 Å². The molecule has 0 saturated carbocycles. The molecule has 0 spiro atoms. The highest BCUT2D eigenvalue weighted by Crippen LogP contribution is 2.32. The first-order valence-electron chi connectivity index (χ1n) is 10.5. The Morgan fingerprint density at radius 1 is 1.03 bits per heavy atom. The van der Waals surface area contributed by atoms with Gasteiger partial charge in [0, 0.05) is 30.4 Å². The van der Waals surface area contributed by atoms with Crippen molar-refractivity contribution in [2.24, 2.45) is 10.7 Å². The van der Waals surface area contributed by atoms with E-state index in [-0.39, 0.29) is 10.1 Å². The van der Waals surface area contributed by atoms with Gasteiger partial charge in [-0.05, 0) is 54.9 Å². The van der Waals surface area contributed by atoms with Crippen molar-refractivity contribution >= 4 is 38.9 Å². The second-order valence-electron chi connectivity index (χ2n) is 7.72. The van der Waals surface area contributed by atoms with Gasteiger partial charge in [-0.1, -0.05) is 30.3 Å². The number of benzene rings is 2. The normalized spacial score (nSPS) is 18.2. The summed E-state index contributed by atoms with van der Waals surface area (Å²) in [7, 11) is -3.58. The van der Waals surface area contributed by atoms with Crippen LogP contribution in [-0.4, -0.2) is 46.7 Å². The maximum atomic E-state index is 13.1. The first-order valence-corrected chi connectivity index (χ1v) is 12.7. The highest BCUT2D eigenvalue weighted by Gasteiger charge is 2.28. The van der Waals surface area contributed by atoms with Gasteiger partial charge in [-0.2, -0.15) is 14.4 Å². The number of amidine groups is 1. The lowest BCUT2D eigenvalue weighted by molar-refractivity contribution is -0.113. The molecule has 0 atom stereocenters. The number of amides is 1. The summed E-state index contributed by atoms with van der Waals surface area (Å²) >= 11 is 1.10. The maximum absolute atomic E-state index is 13.1. The summed E-state index contributed by atoms with van der Waals surface area (Å²) in [5.74, 6) is -0.402. The Kier molecular flexibility index (Phi) is 5.65. The van der Waals surface area contributed by atoms with E-state index >= 15 is 0 Å². The van der Waals surface area contributed by atoms with Crippen LogP contribution in [0.25, 0.3) is 23.0 Å². The molecule has 5 rings (SSSR count). The average Bonchev–Trinajstić information content (AvgIpc) is 3.56. The molecule has 1 aromatic heterocycles. The van der Waals surface area contributed by atoms with Gasteiger partial charge < -0.3 is 5.73 Å². The van der Waals surface area contributed by atoms with E-state index in [2.05, 4.69) is 4.99 Å². The number of hydrogen-bond acceptors (Lipinski definition) is 6. The molecule has 0 unspecified atom stereocenters. The highest BCUT2D eigenvalue weighted by molar-refractivity contribution is 8.18. The van der Waals surface area contributed by atoms with E-state index in [1.165, 1.54) is 4.31 Å². The monoisotopic (exact) mass is 479 g/mol. The third-order valence-corrected chi connectivity index (χ3v) is 8.20. The predicted octanol–water partition coefficient (Wildman–Crippen LogP) is 3.25. The van der Waals surface area contributed by atoms with Crippen LogP contribution in [0.15, 0.2) is 75.6 Å². The first-order chi connectivity index (χ1) is 15.9. The molecule has 0 bridgehead atoms. The van der Waals surface area contributed by atoms with Gasteiger partial charge in [-0.15, -0.1) is 0 Å². The third kappa shape index (κ3) is 4.24. The molecule has 0 radical (unpaired) electrons. The molecule has 2 aliphatic heterocycles. The molecule has 2 aromatic carbocycles. The number of para-hydroxylation sites is 1. The van der Waals surface area contributed by atoms with Crippen molar-refractivity contribution < 1.29 is 13.2 Å². The topological polar surface area (TPSA) is 111 Å². The van der Waals surface area contributed by atoms with Crippen molar-refractivity contribution in [1.29, 1.82) is 0 Å². The van der Waals surface area contributed by atoms with Crippen molar-refractivity contribution in [3.05, 3.63) is 71.3 Å². The zero-order chi connectivity index (χ0) is 23.0. The van der Waals surface area contributed by atoms with E-state index in [1.54, 1.807) is 29.0 Å². The molecule has 3 aromatic rings. The summed E-state index contributed by atoms with van der Waals surface area (Å²) < 4.78 is 29.4. The molecule has 168 valence electrons. The van der Waals surface area contributed by atoms with E-state index in [1.807, 2.05) is 42.6 Å². The quantitative estimate of drug-likeness (QED) is 0.563. The summed E-state index contributed by atoms with van der Waals surface area (Å²) in [6.45, 7) is 1.07. The van der Waals surface area contributed by atoms with Crippen molar-refractivity contribution in [2.75, 3.05) is 13.1 Å². The molecule has 1 amide bonds. The number of aromatic nitrogens is 2. The Labute approximate surface area is 195 Å². The number of rotatable bonds is 5. The molecule has 1 saturated heterocycles. The van der Waals surface area contributed by atoms with Gasteiger partial charge in [0.2, 0.25) is 10.0 Å². The Bertz CT molecular complexity index is 1390. The van der Waals surface area contributed by atoms with Gasteiger partial charge in [-0.25, -0.2) is 13.1 Å². The molecule has 10 heteroatoms. The molecule has 33 heavy (non-hydrogen) atoms. The van der Waals surface area contributed by atoms with Crippen LogP contribution < -0.4 is 5.73 Å². The SMILES string of the molecule is NC1=NC(=O)/C(=C\c2cn(-c3ccccc3)nc2-c2cccc(S(=O)(=O)N3CCCC3)c2)S1. The highest BCUT2D eigenvalue weighted by atomic mass is 32.2. The molecule has 3 heterocycles.